The molecule has 2 atom stereocenters. The van der Waals surface area contributed by atoms with Gasteiger partial charge >= 0.3 is 0 Å². The molecule has 216 valence electrons. The second-order valence-corrected chi connectivity index (χ2v) is 10.5. The van der Waals surface area contributed by atoms with Crippen molar-refractivity contribution in [3.8, 4) is 0 Å². The van der Waals surface area contributed by atoms with Gasteiger partial charge in [-0.1, -0.05) is 127 Å². The molecule has 0 rings (SSSR count). The topological polar surface area (TPSA) is 69.6 Å². The van der Waals surface area contributed by atoms with E-state index in [9.17, 15) is 15.0 Å². The second-order valence-electron chi connectivity index (χ2n) is 10.5. The van der Waals surface area contributed by atoms with Gasteiger partial charge in [-0.2, -0.15) is 0 Å². The van der Waals surface area contributed by atoms with Crippen LogP contribution in [0.1, 0.15) is 149 Å². The standard InChI is InChI=1S/C33H61NO3/c1-3-5-7-9-11-13-14-15-16-17-18-19-20-21-23-25-27-29-33(37)34-31(30-35)32(36)28-26-24-22-12-10-8-6-4-2/h11,13,15-16,26,28,31-32,35-36H,3-10,12,14,17-25,27,29-30H2,1-2H3,(H,34,37)/b13-11-,16-15-,28-26+. The predicted octanol–water partition coefficient (Wildman–Crippen LogP) is 8.72. The molecular formula is C33H61NO3. The number of aliphatic hydroxyl groups excluding tert-OH is 2. The van der Waals surface area contributed by atoms with E-state index in [1.54, 1.807) is 6.08 Å². The fraction of sp³-hybridized carbons (Fsp3) is 0.788. The first-order chi connectivity index (χ1) is 18.2. The van der Waals surface area contributed by atoms with Gasteiger partial charge in [0.05, 0.1) is 18.8 Å². The summed E-state index contributed by atoms with van der Waals surface area (Å²) in [5, 5.41) is 22.7. The zero-order valence-electron chi connectivity index (χ0n) is 24.5. The number of unbranched alkanes of at least 4 members (excludes halogenated alkanes) is 16. The number of allylic oxidation sites excluding steroid dienone is 5. The quantitative estimate of drug-likeness (QED) is 0.0750. The smallest absolute Gasteiger partial charge is 0.220 e. The van der Waals surface area contributed by atoms with Gasteiger partial charge in [0.2, 0.25) is 5.91 Å². The van der Waals surface area contributed by atoms with Crippen molar-refractivity contribution < 1.29 is 15.0 Å². The van der Waals surface area contributed by atoms with Crippen molar-refractivity contribution in [2.75, 3.05) is 6.61 Å². The number of carbonyl (C=O) groups is 1. The third kappa shape index (κ3) is 26.0. The molecule has 0 aromatic heterocycles. The van der Waals surface area contributed by atoms with Gasteiger partial charge in [0.25, 0.3) is 0 Å². The van der Waals surface area contributed by atoms with Crippen LogP contribution < -0.4 is 5.32 Å². The van der Waals surface area contributed by atoms with E-state index >= 15 is 0 Å². The molecule has 4 heteroatoms. The van der Waals surface area contributed by atoms with Gasteiger partial charge in [-0.15, -0.1) is 0 Å². The van der Waals surface area contributed by atoms with Crippen molar-refractivity contribution in [3.05, 3.63) is 36.5 Å². The van der Waals surface area contributed by atoms with E-state index in [4.69, 9.17) is 0 Å². The highest BCUT2D eigenvalue weighted by molar-refractivity contribution is 5.76. The van der Waals surface area contributed by atoms with E-state index in [-0.39, 0.29) is 12.5 Å². The minimum absolute atomic E-state index is 0.0787. The molecule has 1 amide bonds. The van der Waals surface area contributed by atoms with Gasteiger partial charge in [0.15, 0.2) is 0 Å². The molecule has 3 N–H and O–H groups in total. The molecule has 0 aliphatic rings. The summed E-state index contributed by atoms with van der Waals surface area (Å²) < 4.78 is 0. The molecule has 37 heavy (non-hydrogen) atoms. The summed E-state index contributed by atoms with van der Waals surface area (Å²) in [5.41, 5.74) is 0. The predicted molar refractivity (Wildman–Crippen MR) is 161 cm³/mol. The van der Waals surface area contributed by atoms with Crippen LogP contribution in [0.15, 0.2) is 36.5 Å². The van der Waals surface area contributed by atoms with E-state index in [0.717, 1.165) is 32.1 Å². The average Bonchev–Trinajstić information content (AvgIpc) is 2.90. The Labute approximate surface area is 230 Å². The lowest BCUT2D eigenvalue weighted by Crippen LogP contribution is -2.45. The van der Waals surface area contributed by atoms with Crippen molar-refractivity contribution in [1.29, 1.82) is 0 Å². The third-order valence-corrected chi connectivity index (χ3v) is 6.87. The number of nitrogens with one attached hydrogen (secondary N) is 1. The van der Waals surface area contributed by atoms with E-state index < -0.39 is 12.1 Å². The Morgan fingerprint density at radius 3 is 1.68 bits per heavy atom. The molecular weight excluding hydrogens is 458 g/mol. The molecule has 0 heterocycles. The van der Waals surface area contributed by atoms with Crippen LogP contribution in [0.5, 0.6) is 0 Å². The van der Waals surface area contributed by atoms with Crippen molar-refractivity contribution in [1.82, 2.24) is 5.32 Å². The Morgan fingerprint density at radius 2 is 1.11 bits per heavy atom. The van der Waals surface area contributed by atoms with Gasteiger partial charge in [0.1, 0.15) is 0 Å². The van der Waals surface area contributed by atoms with Crippen LogP contribution in [-0.2, 0) is 4.79 Å². The highest BCUT2D eigenvalue weighted by atomic mass is 16.3. The Bertz CT molecular complexity index is 570. The van der Waals surface area contributed by atoms with E-state index in [1.807, 2.05) is 6.08 Å². The van der Waals surface area contributed by atoms with E-state index in [2.05, 4.69) is 43.5 Å². The zero-order valence-corrected chi connectivity index (χ0v) is 24.5. The van der Waals surface area contributed by atoms with Gasteiger partial charge in [0, 0.05) is 6.42 Å². The van der Waals surface area contributed by atoms with Gasteiger partial charge in [-0.3, -0.25) is 4.79 Å². The number of aliphatic hydroxyl groups is 2. The maximum absolute atomic E-state index is 12.2. The van der Waals surface area contributed by atoms with Gasteiger partial charge < -0.3 is 15.5 Å². The van der Waals surface area contributed by atoms with Crippen molar-refractivity contribution in [2.24, 2.45) is 0 Å². The molecule has 2 unspecified atom stereocenters. The van der Waals surface area contributed by atoms with Crippen molar-refractivity contribution in [2.45, 2.75) is 161 Å². The SMILES string of the molecule is CCCCC/C=C\C/C=C\CCCCCCCCCC(=O)NC(CO)C(O)/C=C/CCCCCCCC. The molecule has 0 fully saturated rings. The molecule has 0 aromatic rings. The number of rotatable bonds is 27. The summed E-state index contributed by atoms with van der Waals surface area (Å²) >= 11 is 0. The molecule has 0 bridgehead atoms. The molecule has 0 aliphatic heterocycles. The normalized spacial score (nSPS) is 13.7. The summed E-state index contributed by atoms with van der Waals surface area (Å²) in [4.78, 5) is 12.2. The van der Waals surface area contributed by atoms with Crippen molar-refractivity contribution >= 4 is 5.91 Å². The first-order valence-electron chi connectivity index (χ1n) is 15.7. The monoisotopic (exact) mass is 519 g/mol. The van der Waals surface area contributed by atoms with Crippen LogP contribution in [0.4, 0.5) is 0 Å². The molecule has 0 spiro atoms. The third-order valence-electron chi connectivity index (χ3n) is 6.87. The Hall–Kier alpha value is -1.39. The molecule has 4 nitrogen and oxygen atoms in total. The van der Waals surface area contributed by atoms with Crippen LogP contribution >= 0.6 is 0 Å². The minimum Gasteiger partial charge on any atom is -0.394 e. The maximum atomic E-state index is 12.2. The van der Waals surface area contributed by atoms with Gasteiger partial charge in [-0.25, -0.2) is 0 Å². The summed E-state index contributed by atoms with van der Waals surface area (Å²) in [6.07, 6.45) is 36.5. The lowest BCUT2D eigenvalue weighted by atomic mass is 10.1. The number of amides is 1. The zero-order chi connectivity index (χ0) is 27.2. The van der Waals surface area contributed by atoms with Crippen LogP contribution in [0, 0.1) is 0 Å². The highest BCUT2D eigenvalue weighted by Gasteiger charge is 2.17. The lowest BCUT2D eigenvalue weighted by Gasteiger charge is -2.20. The second kappa shape index (κ2) is 29.2. The minimum atomic E-state index is -0.837. The molecule has 0 saturated heterocycles. The first-order valence-corrected chi connectivity index (χ1v) is 15.7. The number of hydrogen-bond donors (Lipinski definition) is 3. The highest BCUT2D eigenvalue weighted by Crippen LogP contribution is 2.11. The molecule has 0 saturated carbocycles. The number of hydrogen-bond acceptors (Lipinski definition) is 3. The first kappa shape index (κ1) is 35.6. The van der Waals surface area contributed by atoms with Crippen molar-refractivity contribution in [3.63, 3.8) is 0 Å². The van der Waals surface area contributed by atoms with Gasteiger partial charge in [-0.05, 0) is 51.4 Å². The summed E-state index contributed by atoms with van der Waals surface area (Å²) in [5.74, 6) is -0.0787. The van der Waals surface area contributed by atoms with E-state index in [0.29, 0.717) is 6.42 Å². The van der Waals surface area contributed by atoms with E-state index in [1.165, 1.54) is 96.3 Å². The van der Waals surface area contributed by atoms with Crippen LogP contribution in [0.25, 0.3) is 0 Å². The summed E-state index contributed by atoms with van der Waals surface area (Å²) in [6.45, 7) is 4.21. The molecule has 0 radical (unpaired) electrons. The summed E-state index contributed by atoms with van der Waals surface area (Å²) in [7, 11) is 0. The summed E-state index contributed by atoms with van der Waals surface area (Å²) in [6, 6.07) is -0.621. The maximum Gasteiger partial charge on any atom is 0.220 e. The molecule has 0 aliphatic carbocycles. The molecule has 0 aromatic carbocycles. The fourth-order valence-corrected chi connectivity index (χ4v) is 4.38. The average molecular weight is 520 g/mol. The fourth-order valence-electron chi connectivity index (χ4n) is 4.38. The number of carbonyl (C=O) groups excluding carboxylic acids is 1. The lowest BCUT2D eigenvalue weighted by molar-refractivity contribution is -0.123. The Kier molecular flexibility index (Phi) is 28.1. The Morgan fingerprint density at radius 1 is 0.649 bits per heavy atom. The van der Waals surface area contributed by atoms with Crippen LogP contribution in [0.3, 0.4) is 0 Å². The Balaban J connectivity index is 3.66. The van der Waals surface area contributed by atoms with Crippen LogP contribution in [-0.4, -0.2) is 34.9 Å². The van der Waals surface area contributed by atoms with Crippen LogP contribution in [0.2, 0.25) is 0 Å². The largest absolute Gasteiger partial charge is 0.394 e.